The maximum Gasteiger partial charge on any atom is 0.185 e. The van der Waals surface area contributed by atoms with Crippen LogP contribution in [0, 0.1) is 0 Å². The molecule has 11 heavy (non-hydrogen) atoms. The van der Waals surface area contributed by atoms with E-state index >= 15 is 0 Å². The quantitative estimate of drug-likeness (QED) is 0.615. The van der Waals surface area contributed by atoms with Gasteiger partial charge < -0.3 is 0 Å². The molecule has 0 amide bonds. The van der Waals surface area contributed by atoms with Crippen LogP contribution in [0.15, 0.2) is 40.5 Å². The van der Waals surface area contributed by atoms with Crippen LogP contribution in [0.1, 0.15) is 0 Å². The van der Waals surface area contributed by atoms with Crippen LogP contribution < -0.4 is 0 Å². The number of thioether (sulfide) groups is 1. The van der Waals surface area contributed by atoms with Gasteiger partial charge in [-0.15, -0.1) is 0 Å². The van der Waals surface area contributed by atoms with Crippen LogP contribution in [0.25, 0.3) is 0 Å². The predicted octanol–water partition coefficient (Wildman–Crippen LogP) is 1.85. The molecule has 1 rings (SSSR count). The van der Waals surface area contributed by atoms with Crippen molar-refractivity contribution in [2.75, 3.05) is 0 Å². The van der Waals surface area contributed by atoms with Gasteiger partial charge in [0.1, 0.15) is 5.04 Å². The summed E-state index contributed by atoms with van der Waals surface area (Å²) in [4.78, 5) is 11.8. The molecule has 1 heterocycles. The highest BCUT2D eigenvalue weighted by Crippen LogP contribution is 2.11. The van der Waals surface area contributed by atoms with Crippen LogP contribution in [0.4, 0.5) is 0 Å². The fourth-order valence-electron chi connectivity index (χ4n) is 0.580. The molecule has 0 fully saturated rings. The Morgan fingerprint density at radius 1 is 1.36 bits per heavy atom. The van der Waals surface area contributed by atoms with Crippen LogP contribution in [0.2, 0.25) is 0 Å². The first kappa shape index (κ1) is 7.94. The molecular weight excluding hydrogens is 158 g/mol. The SMILES string of the molecule is C=CN=C1N=CSC1=NC=C. The molecule has 56 valence electrons. The van der Waals surface area contributed by atoms with Gasteiger partial charge in [0.15, 0.2) is 5.84 Å². The van der Waals surface area contributed by atoms with Gasteiger partial charge in [0.2, 0.25) is 0 Å². The molecule has 0 spiro atoms. The molecular formula is C7H7N3S. The minimum atomic E-state index is 0.602. The normalized spacial score (nSPS) is 22.9. The second kappa shape index (κ2) is 3.88. The lowest BCUT2D eigenvalue weighted by Crippen LogP contribution is -2.00. The standard InChI is InChI=1S/C7H7N3S/c1-3-8-6-7(9-4-2)11-5-10-6/h3-5H,1-2H2. The van der Waals surface area contributed by atoms with Crippen molar-refractivity contribution >= 4 is 28.2 Å². The Kier molecular flexibility index (Phi) is 2.80. The molecule has 1 aliphatic heterocycles. The summed E-state index contributed by atoms with van der Waals surface area (Å²) in [5.41, 5.74) is 1.69. The summed E-state index contributed by atoms with van der Waals surface area (Å²) in [6, 6.07) is 0. The van der Waals surface area contributed by atoms with Gasteiger partial charge in [-0.05, 0) is 0 Å². The van der Waals surface area contributed by atoms with E-state index in [9.17, 15) is 0 Å². The van der Waals surface area contributed by atoms with Gasteiger partial charge in [-0.25, -0.2) is 15.0 Å². The van der Waals surface area contributed by atoms with E-state index in [0.717, 1.165) is 5.04 Å². The summed E-state index contributed by atoms with van der Waals surface area (Å²) < 4.78 is 0. The molecule has 0 aromatic carbocycles. The van der Waals surface area contributed by atoms with E-state index in [1.165, 1.54) is 24.2 Å². The highest BCUT2D eigenvalue weighted by Gasteiger charge is 2.11. The molecule has 0 saturated carbocycles. The Morgan fingerprint density at radius 3 is 2.73 bits per heavy atom. The van der Waals surface area contributed by atoms with E-state index in [-0.39, 0.29) is 0 Å². The Bertz CT molecular complexity index is 263. The van der Waals surface area contributed by atoms with Crippen molar-refractivity contribution in [2.45, 2.75) is 0 Å². The molecule has 1 aliphatic rings. The summed E-state index contributed by atoms with van der Waals surface area (Å²) >= 11 is 1.42. The number of nitrogens with zero attached hydrogens (tertiary/aromatic N) is 3. The smallest absolute Gasteiger partial charge is 0.185 e. The number of hydrogen-bond acceptors (Lipinski definition) is 3. The second-order valence-electron chi connectivity index (χ2n) is 1.60. The lowest BCUT2D eigenvalue weighted by Gasteiger charge is -1.89. The second-order valence-corrected chi connectivity index (χ2v) is 2.44. The van der Waals surface area contributed by atoms with Gasteiger partial charge in [-0.1, -0.05) is 24.9 Å². The summed E-state index contributed by atoms with van der Waals surface area (Å²) in [6.45, 7) is 6.95. The third-order valence-corrected chi connectivity index (χ3v) is 1.67. The molecule has 3 nitrogen and oxygen atoms in total. The average Bonchev–Trinajstić information content (AvgIpc) is 2.39. The van der Waals surface area contributed by atoms with Crippen LogP contribution in [-0.2, 0) is 0 Å². The van der Waals surface area contributed by atoms with Gasteiger partial charge in [0, 0.05) is 12.4 Å². The van der Waals surface area contributed by atoms with Crippen molar-refractivity contribution < 1.29 is 0 Å². The molecule has 0 N–H and O–H groups in total. The molecule has 0 radical (unpaired) electrons. The molecule has 0 atom stereocenters. The fraction of sp³-hybridized carbons (Fsp3) is 0. The van der Waals surface area contributed by atoms with Crippen LogP contribution in [0.3, 0.4) is 0 Å². The van der Waals surface area contributed by atoms with E-state index in [4.69, 9.17) is 0 Å². The largest absolute Gasteiger partial charge is 0.246 e. The first-order chi connectivity index (χ1) is 5.38. The van der Waals surface area contributed by atoms with Crippen molar-refractivity contribution in [3.63, 3.8) is 0 Å². The minimum absolute atomic E-state index is 0.602. The zero-order valence-electron chi connectivity index (χ0n) is 5.90. The maximum atomic E-state index is 3.96. The van der Waals surface area contributed by atoms with Crippen LogP contribution in [0.5, 0.6) is 0 Å². The fourth-order valence-corrected chi connectivity index (χ4v) is 1.18. The van der Waals surface area contributed by atoms with E-state index in [0.29, 0.717) is 5.84 Å². The van der Waals surface area contributed by atoms with Gasteiger partial charge in [0.05, 0.1) is 5.55 Å². The van der Waals surface area contributed by atoms with Crippen LogP contribution >= 0.6 is 11.8 Å². The summed E-state index contributed by atoms with van der Waals surface area (Å²) in [6.07, 6.45) is 2.91. The maximum absolute atomic E-state index is 3.96. The van der Waals surface area contributed by atoms with E-state index in [1.54, 1.807) is 5.55 Å². The number of amidine groups is 1. The lowest BCUT2D eigenvalue weighted by atomic mass is 10.6. The van der Waals surface area contributed by atoms with E-state index in [2.05, 4.69) is 28.1 Å². The Labute approximate surface area is 69.4 Å². The van der Waals surface area contributed by atoms with Gasteiger partial charge in [-0.2, -0.15) is 0 Å². The molecule has 0 aromatic heterocycles. The zero-order valence-corrected chi connectivity index (χ0v) is 6.71. The average molecular weight is 165 g/mol. The molecule has 0 aromatic rings. The number of rotatable bonds is 2. The summed E-state index contributed by atoms with van der Waals surface area (Å²) in [7, 11) is 0. The highest BCUT2D eigenvalue weighted by molar-refractivity contribution is 8.27. The molecule has 4 heteroatoms. The Balaban J connectivity index is 2.87. The third-order valence-electron chi connectivity index (χ3n) is 0.953. The first-order valence-corrected chi connectivity index (χ1v) is 3.83. The van der Waals surface area contributed by atoms with Crippen molar-refractivity contribution in [3.05, 3.63) is 25.6 Å². The third kappa shape index (κ3) is 1.88. The van der Waals surface area contributed by atoms with Crippen molar-refractivity contribution in [3.8, 4) is 0 Å². The lowest BCUT2D eigenvalue weighted by molar-refractivity contribution is 1.54. The van der Waals surface area contributed by atoms with Crippen molar-refractivity contribution in [1.29, 1.82) is 0 Å². The number of aliphatic imine (C=N–C) groups is 3. The predicted molar refractivity (Wildman–Crippen MR) is 51.3 cm³/mol. The summed E-state index contributed by atoms with van der Waals surface area (Å²) in [5, 5.41) is 0.764. The van der Waals surface area contributed by atoms with Gasteiger partial charge >= 0.3 is 0 Å². The topological polar surface area (TPSA) is 37.1 Å². The molecule has 0 bridgehead atoms. The number of hydrogen-bond donors (Lipinski definition) is 0. The van der Waals surface area contributed by atoms with Crippen molar-refractivity contribution in [2.24, 2.45) is 15.0 Å². The molecule has 0 saturated heterocycles. The Hall–Kier alpha value is -1.16. The van der Waals surface area contributed by atoms with Crippen molar-refractivity contribution in [1.82, 2.24) is 0 Å². The first-order valence-electron chi connectivity index (χ1n) is 2.95. The van der Waals surface area contributed by atoms with E-state index in [1.807, 2.05) is 0 Å². The summed E-state index contributed by atoms with van der Waals surface area (Å²) in [5.74, 6) is 0.602. The minimum Gasteiger partial charge on any atom is -0.246 e. The zero-order chi connectivity index (χ0) is 8.10. The van der Waals surface area contributed by atoms with E-state index < -0.39 is 0 Å². The Morgan fingerprint density at radius 2 is 2.09 bits per heavy atom. The van der Waals surface area contributed by atoms with Gasteiger partial charge in [0.25, 0.3) is 0 Å². The molecule has 0 aliphatic carbocycles. The highest BCUT2D eigenvalue weighted by atomic mass is 32.2. The van der Waals surface area contributed by atoms with Crippen LogP contribution in [-0.4, -0.2) is 16.4 Å². The van der Waals surface area contributed by atoms with Gasteiger partial charge in [-0.3, -0.25) is 0 Å². The molecule has 0 unspecified atom stereocenters. The monoisotopic (exact) mass is 165 g/mol.